The smallest absolute Gasteiger partial charge is 0.159 e. The van der Waals surface area contributed by atoms with Gasteiger partial charge in [-0.1, -0.05) is 13.0 Å². The van der Waals surface area contributed by atoms with Gasteiger partial charge < -0.3 is 0 Å². The lowest BCUT2D eigenvalue weighted by atomic mass is 10.2. The quantitative estimate of drug-likeness (QED) is 0.706. The normalized spacial score (nSPS) is 12.8. The Morgan fingerprint density at radius 3 is 2.67 bits per heavy atom. The van der Waals surface area contributed by atoms with Crippen LogP contribution in [0.1, 0.15) is 18.9 Å². The maximum atomic E-state index is 12.8. The van der Waals surface area contributed by atoms with Gasteiger partial charge in [0.15, 0.2) is 11.6 Å². The van der Waals surface area contributed by atoms with Gasteiger partial charge >= 0.3 is 0 Å². The van der Waals surface area contributed by atoms with Crippen LogP contribution in [0.3, 0.4) is 0 Å². The van der Waals surface area contributed by atoms with E-state index in [1.165, 1.54) is 6.07 Å². The maximum Gasteiger partial charge on any atom is 0.159 e. The molecule has 0 aliphatic rings. The zero-order valence-electron chi connectivity index (χ0n) is 8.47. The second kappa shape index (κ2) is 6.33. The van der Waals surface area contributed by atoms with Crippen LogP contribution >= 0.6 is 23.4 Å². The van der Waals surface area contributed by atoms with Gasteiger partial charge in [0.05, 0.1) is 0 Å². The fourth-order valence-electron chi connectivity index (χ4n) is 1.10. The Labute approximate surface area is 98.0 Å². The lowest BCUT2D eigenvalue weighted by molar-refractivity contribution is 0.507. The van der Waals surface area contributed by atoms with Gasteiger partial charge in [-0.25, -0.2) is 8.78 Å². The highest BCUT2D eigenvalue weighted by atomic mass is 35.5. The van der Waals surface area contributed by atoms with Gasteiger partial charge in [-0.3, -0.25) is 0 Å². The third-order valence-electron chi connectivity index (χ3n) is 2.03. The average molecular weight is 251 g/mol. The largest absolute Gasteiger partial charge is 0.204 e. The molecule has 0 amide bonds. The highest BCUT2D eigenvalue weighted by Crippen LogP contribution is 2.21. The van der Waals surface area contributed by atoms with Crippen molar-refractivity contribution in [1.29, 1.82) is 0 Å². The molecule has 1 atom stereocenters. The minimum atomic E-state index is -0.794. The molecule has 15 heavy (non-hydrogen) atoms. The second-order valence-electron chi connectivity index (χ2n) is 3.35. The molecule has 1 rings (SSSR count). The highest BCUT2D eigenvalue weighted by Gasteiger charge is 2.05. The molecule has 84 valence electrons. The molecule has 0 fully saturated rings. The molecule has 0 saturated carbocycles. The molecular formula is C11H13ClF2S. The highest BCUT2D eigenvalue weighted by molar-refractivity contribution is 7.99. The van der Waals surface area contributed by atoms with Crippen molar-refractivity contribution in [2.24, 2.45) is 0 Å². The molecule has 0 aliphatic heterocycles. The Bertz CT molecular complexity index is 317. The monoisotopic (exact) mass is 250 g/mol. The standard InChI is InChI=1S/C11H13ClF2S/c1-8(4-5-12)15-7-9-2-3-10(13)11(14)6-9/h2-3,6,8H,4-5,7H2,1H3. The summed E-state index contributed by atoms with van der Waals surface area (Å²) in [6, 6.07) is 4.02. The summed E-state index contributed by atoms with van der Waals surface area (Å²) in [4.78, 5) is 0. The van der Waals surface area contributed by atoms with Gasteiger partial charge in [-0.2, -0.15) is 11.8 Å². The number of hydrogen-bond donors (Lipinski definition) is 0. The van der Waals surface area contributed by atoms with E-state index in [1.807, 2.05) is 0 Å². The van der Waals surface area contributed by atoms with Gasteiger partial charge in [0.25, 0.3) is 0 Å². The molecule has 1 unspecified atom stereocenters. The van der Waals surface area contributed by atoms with Crippen molar-refractivity contribution in [3.63, 3.8) is 0 Å². The van der Waals surface area contributed by atoms with E-state index >= 15 is 0 Å². The number of thioether (sulfide) groups is 1. The molecule has 0 N–H and O–H groups in total. The lowest BCUT2D eigenvalue weighted by Crippen LogP contribution is -1.98. The van der Waals surface area contributed by atoms with Gasteiger partial charge in [0.1, 0.15) is 0 Å². The van der Waals surface area contributed by atoms with Gasteiger partial charge in [0, 0.05) is 16.9 Å². The summed E-state index contributed by atoms with van der Waals surface area (Å²) in [5.74, 6) is -0.253. The van der Waals surface area contributed by atoms with Crippen molar-refractivity contribution < 1.29 is 8.78 Å². The summed E-state index contributed by atoms with van der Waals surface area (Å²) in [6.07, 6.45) is 0.926. The topological polar surface area (TPSA) is 0 Å². The first-order valence-electron chi connectivity index (χ1n) is 4.75. The van der Waals surface area contributed by atoms with Crippen LogP contribution in [0.4, 0.5) is 8.78 Å². The summed E-state index contributed by atoms with van der Waals surface area (Å²) >= 11 is 7.30. The SMILES string of the molecule is CC(CCCl)SCc1ccc(F)c(F)c1. The number of alkyl halides is 1. The molecule has 0 spiro atoms. The summed E-state index contributed by atoms with van der Waals surface area (Å²) in [6.45, 7) is 2.08. The van der Waals surface area contributed by atoms with Crippen LogP contribution in [0, 0.1) is 11.6 Å². The third-order valence-corrected chi connectivity index (χ3v) is 3.56. The van der Waals surface area contributed by atoms with E-state index in [4.69, 9.17) is 11.6 Å². The lowest BCUT2D eigenvalue weighted by Gasteiger charge is -2.09. The van der Waals surface area contributed by atoms with E-state index < -0.39 is 11.6 Å². The minimum Gasteiger partial charge on any atom is -0.204 e. The van der Waals surface area contributed by atoms with Crippen molar-refractivity contribution >= 4 is 23.4 Å². The molecule has 0 bridgehead atoms. The minimum absolute atomic E-state index is 0.440. The Balaban J connectivity index is 2.47. The summed E-state index contributed by atoms with van der Waals surface area (Å²) in [7, 11) is 0. The Morgan fingerprint density at radius 2 is 2.07 bits per heavy atom. The molecule has 0 aliphatic carbocycles. The Hall–Kier alpha value is -0.280. The van der Waals surface area contributed by atoms with Crippen LogP contribution in [0.5, 0.6) is 0 Å². The van der Waals surface area contributed by atoms with Crippen molar-refractivity contribution in [2.75, 3.05) is 5.88 Å². The molecular weight excluding hydrogens is 238 g/mol. The summed E-state index contributed by atoms with van der Waals surface area (Å²) < 4.78 is 25.5. The fourth-order valence-corrected chi connectivity index (χ4v) is 2.50. The fraction of sp³-hybridized carbons (Fsp3) is 0.455. The molecule has 1 aromatic rings. The van der Waals surface area contributed by atoms with E-state index in [1.54, 1.807) is 17.8 Å². The molecule has 0 heterocycles. The summed E-state index contributed by atoms with van der Waals surface area (Å²) in [5.41, 5.74) is 0.806. The number of rotatable bonds is 5. The van der Waals surface area contributed by atoms with E-state index in [9.17, 15) is 8.78 Å². The van der Waals surface area contributed by atoms with Crippen LogP contribution in [0.25, 0.3) is 0 Å². The van der Waals surface area contributed by atoms with Crippen molar-refractivity contribution in [3.05, 3.63) is 35.4 Å². The van der Waals surface area contributed by atoms with E-state index in [2.05, 4.69) is 6.92 Å². The summed E-state index contributed by atoms with van der Waals surface area (Å²) in [5, 5.41) is 0.440. The molecule has 0 nitrogen and oxygen atoms in total. The van der Waals surface area contributed by atoms with E-state index in [-0.39, 0.29) is 0 Å². The first-order chi connectivity index (χ1) is 7.13. The third kappa shape index (κ3) is 4.39. The van der Waals surface area contributed by atoms with E-state index in [0.717, 1.165) is 18.1 Å². The van der Waals surface area contributed by atoms with Crippen molar-refractivity contribution in [1.82, 2.24) is 0 Å². The maximum absolute atomic E-state index is 12.8. The van der Waals surface area contributed by atoms with Gasteiger partial charge in [-0.05, 0) is 24.1 Å². The number of hydrogen-bond acceptors (Lipinski definition) is 1. The predicted molar refractivity (Wildman–Crippen MR) is 62.5 cm³/mol. The zero-order chi connectivity index (χ0) is 11.3. The predicted octanol–water partition coefficient (Wildman–Crippen LogP) is 4.22. The Morgan fingerprint density at radius 1 is 1.33 bits per heavy atom. The van der Waals surface area contributed by atoms with Crippen LogP contribution in [-0.4, -0.2) is 11.1 Å². The van der Waals surface area contributed by atoms with Crippen LogP contribution in [0.2, 0.25) is 0 Å². The van der Waals surface area contributed by atoms with Crippen LogP contribution < -0.4 is 0 Å². The molecule has 0 aromatic heterocycles. The number of halogens is 3. The van der Waals surface area contributed by atoms with Crippen molar-refractivity contribution in [3.8, 4) is 0 Å². The van der Waals surface area contributed by atoms with Crippen LogP contribution in [-0.2, 0) is 5.75 Å². The van der Waals surface area contributed by atoms with Crippen LogP contribution in [0.15, 0.2) is 18.2 Å². The van der Waals surface area contributed by atoms with Crippen molar-refractivity contribution in [2.45, 2.75) is 24.3 Å². The zero-order valence-corrected chi connectivity index (χ0v) is 10.0. The average Bonchev–Trinajstić information content (AvgIpc) is 2.20. The first-order valence-corrected chi connectivity index (χ1v) is 6.33. The Kier molecular flexibility index (Phi) is 5.40. The number of benzene rings is 1. The molecule has 0 radical (unpaired) electrons. The van der Waals surface area contributed by atoms with Gasteiger partial charge in [-0.15, -0.1) is 11.6 Å². The first kappa shape index (κ1) is 12.8. The molecule has 1 aromatic carbocycles. The molecule has 0 saturated heterocycles. The second-order valence-corrected chi connectivity index (χ2v) is 5.15. The van der Waals surface area contributed by atoms with E-state index in [0.29, 0.717) is 16.9 Å². The van der Waals surface area contributed by atoms with Gasteiger partial charge in [0.2, 0.25) is 0 Å². The molecule has 4 heteroatoms.